The van der Waals surface area contributed by atoms with Crippen molar-refractivity contribution in [1.82, 2.24) is 19.6 Å². The Labute approximate surface area is 150 Å². The lowest BCUT2D eigenvalue weighted by molar-refractivity contribution is 0.338. The molecule has 130 valence electrons. The summed E-state index contributed by atoms with van der Waals surface area (Å²) in [5.74, 6) is 2.81. The summed E-state index contributed by atoms with van der Waals surface area (Å²) < 4.78 is 7.05. The zero-order valence-electron chi connectivity index (χ0n) is 14.5. The minimum atomic E-state index is 0.328. The highest BCUT2D eigenvalue weighted by atomic mass is 16.5. The van der Waals surface area contributed by atoms with Gasteiger partial charge in [-0.2, -0.15) is 4.52 Å². The van der Waals surface area contributed by atoms with Gasteiger partial charge in [0.05, 0.1) is 7.11 Å². The van der Waals surface area contributed by atoms with Gasteiger partial charge in [-0.05, 0) is 36.5 Å². The van der Waals surface area contributed by atoms with Crippen LogP contribution in [0.25, 0.3) is 16.6 Å². The molecule has 2 aromatic heterocycles. The molecule has 2 heterocycles. The normalized spacial score (nSPS) is 19.6. The van der Waals surface area contributed by atoms with E-state index >= 15 is 0 Å². The van der Waals surface area contributed by atoms with Crippen LogP contribution in [0.3, 0.4) is 0 Å². The predicted molar refractivity (Wildman–Crippen MR) is 100 cm³/mol. The molecule has 2 aromatic carbocycles. The van der Waals surface area contributed by atoms with E-state index in [0.717, 1.165) is 35.2 Å². The van der Waals surface area contributed by atoms with Crippen molar-refractivity contribution in [3.05, 3.63) is 59.9 Å². The number of nitrogens with zero attached hydrogens (tertiary/aromatic N) is 4. The number of hydrogen-bond acceptors (Lipinski definition) is 5. The minimum Gasteiger partial charge on any atom is -0.494 e. The van der Waals surface area contributed by atoms with Gasteiger partial charge in [0.15, 0.2) is 11.5 Å². The van der Waals surface area contributed by atoms with Crippen LogP contribution in [0.4, 0.5) is 5.95 Å². The third kappa shape index (κ3) is 2.22. The Balaban J connectivity index is 1.53. The highest BCUT2D eigenvalue weighted by Gasteiger charge is 2.34. The van der Waals surface area contributed by atoms with Gasteiger partial charge in [-0.15, -0.1) is 5.10 Å². The highest BCUT2D eigenvalue weighted by Crippen LogP contribution is 2.46. The van der Waals surface area contributed by atoms with Crippen molar-refractivity contribution >= 4 is 22.5 Å². The van der Waals surface area contributed by atoms with Gasteiger partial charge in [-0.25, -0.2) is 9.97 Å². The van der Waals surface area contributed by atoms with Gasteiger partial charge in [0.2, 0.25) is 5.95 Å². The molecule has 0 spiro atoms. The molecule has 1 aliphatic carbocycles. The van der Waals surface area contributed by atoms with Crippen molar-refractivity contribution in [2.24, 2.45) is 0 Å². The van der Waals surface area contributed by atoms with Crippen LogP contribution in [0.5, 0.6) is 5.75 Å². The molecule has 26 heavy (non-hydrogen) atoms. The Morgan fingerprint density at radius 3 is 2.58 bits per heavy atom. The van der Waals surface area contributed by atoms with Crippen molar-refractivity contribution in [1.29, 1.82) is 0 Å². The summed E-state index contributed by atoms with van der Waals surface area (Å²) in [6, 6.07) is 16.4. The lowest BCUT2D eigenvalue weighted by Crippen LogP contribution is -2.21. The van der Waals surface area contributed by atoms with E-state index < -0.39 is 0 Å². The van der Waals surface area contributed by atoms with Crippen LogP contribution in [0, 0.1) is 0 Å². The average Bonchev–Trinajstić information content (AvgIpc) is 3.07. The number of nitrogens with two attached hydrogens (primary N) is 1. The lowest BCUT2D eigenvalue weighted by atomic mass is 9.71. The maximum atomic E-state index is 6.13. The monoisotopic (exact) mass is 345 g/mol. The van der Waals surface area contributed by atoms with Crippen molar-refractivity contribution < 1.29 is 4.74 Å². The van der Waals surface area contributed by atoms with E-state index in [1.54, 1.807) is 11.6 Å². The number of aromatic nitrogens is 4. The van der Waals surface area contributed by atoms with Gasteiger partial charge >= 0.3 is 0 Å². The number of ether oxygens (including phenoxy) is 1. The summed E-state index contributed by atoms with van der Waals surface area (Å²) in [4.78, 5) is 9.27. The SMILES string of the molecule is COc1cccc2c1nc(N)n1nc([C@H]3C[C@@H](c4ccccc4)C3)nc21. The van der Waals surface area contributed by atoms with E-state index in [-0.39, 0.29) is 0 Å². The number of hydrogen-bond donors (Lipinski definition) is 1. The molecule has 1 fully saturated rings. The van der Waals surface area contributed by atoms with Crippen molar-refractivity contribution in [2.45, 2.75) is 24.7 Å². The minimum absolute atomic E-state index is 0.328. The molecular weight excluding hydrogens is 326 g/mol. The zero-order valence-corrected chi connectivity index (χ0v) is 14.5. The largest absolute Gasteiger partial charge is 0.494 e. The number of fused-ring (bicyclic) bond motifs is 3. The molecule has 0 atom stereocenters. The van der Waals surface area contributed by atoms with Crippen LogP contribution in [-0.4, -0.2) is 26.7 Å². The molecule has 6 heteroatoms. The molecule has 0 saturated heterocycles. The summed E-state index contributed by atoms with van der Waals surface area (Å²) in [6.07, 6.45) is 2.13. The fraction of sp³-hybridized carbons (Fsp3) is 0.250. The van der Waals surface area contributed by atoms with Crippen LogP contribution in [0.1, 0.15) is 36.1 Å². The van der Waals surface area contributed by atoms with E-state index in [2.05, 4.69) is 40.4 Å². The van der Waals surface area contributed by atoms with Crippen LogP contribution in [-0.2, 0) is 0 Å². The molecule has 0 aliphatic heterocycles. The van der Waals surface area contributed by atoms with Gasteiger partial charge in [0.25, 0.3) is 0 Å². The maximum absolute atomic E-state index is 6.13. The third-order valence-corrected chi connectivity index (χ3v) is 5.30. The summed E-state index contributed by atoms with van der Waals surface area (Å²) in [6.45, 7) is 0. The number of anilines is 1. The van der Waals surface area contributed by atoms with E-state index in [1.165, 1.54) is 5.56 Å². The first kappa shape index (κ1) is 15.1. The Morgan fingerprint density at radius 1 is 1.00 bits per heavy atom. The van der Waals surface area contributed by atoms with Gasteiger partial charge < -0.3 is 10.5 Å². The molecular formula is C20H19N5O. The van der Waals surface area contributed by atoms with Crippen molar-refractivity contribution in [2.75, 3.05) is 12.8 Å². The molecule has 1 saturated carbocycles. The molecule has 0 amide bonds. The summed E-state index contributed by atoms with van der Waals surface area (Å²) in [5.41, 5.74) is 8.98. The van der Waals surface area contributed by atoms with Gasteiger partial charge in [0, 0.05) is 11.3 Å². The Bertz CT molecular complexity index is 1100. The molecule has 5 rings (SSSR count). The fourth-order valence-electron chi connectivity index (χ4n) is 3.81. The molecule has 0 radical (unpaired) electrons. The second-order valence-electron chi connectivity index (χ2n) is 6.81. The van der Waals surface area contributed by atoms with Crippen LogP contribution in [0.15, 0.2) is 48.5 Å². The van der Waals surface area contributed by atoms with E-state index in [0.29, 0.717) is 23.5 Å². The smallest absolute Gasteiger partial charge is 0.223 e. The number of rotatable bonds is 3. The Morgan fingerprint density at radius 2 is 1.81 bits per heavy atom. The quantitative estimate of drug-likeness (QED) is 0.614. The van der Waals surface area contributed by atoms with Crippen LogP contribution in [0.2, 0.25) is 0 Å². The molecule has 1 aliphatic rings. The molecule has 0 unspecified atom stereocenters. The summed E-state index contributed by atoms with van der Waals surface area (Å²) in [7, 11) is 1.63. The summed E-state index contributed by atoms with van der Waals surface area (Å²) in [5, 5.41) is 5.54. The molecule has 6 nitrogen and oxygen atoms in total. The number of methoxy groups -OCH3 is 1. The van der Waals surface area contributed by atoms with Gasteiger partial charge in [0.1, 0.15) is 11.3 Å². The Kier molecular flexibility index (Phi) is 3.31. The fourth-order valence-corrected chi connectivity index (χ4v) is 3.81. The maximum Gasteiger partial charge on any atom is 0.223 e. The van der Waals surface area contributed by atoms with E-state index in [4.69, 9.17) is 15.5 Å². The first-order chi connectivity index (χ1) is 12.7. The molecule has 0 bridgehead atoms. The predicted octanol–water partition coefficient (Wildman–Crippen LogP) is 3.53. The molecule has 2 N–H and O–H groups in total. The second kappa shape index (κ2) is 5.69. The Hall–Kier alpha value is -3.15. The summed E-state index contributed by atoms with van der Waals surface area (Å²) >= 11 is 0. The first-order valence-corrected chi connectivity index (χ1v) is 8.78. The first-order valence-electron chi connectivity index (χ1n) is 8.78. The number of benzene rings is 2. The van der Waals surface area contributed by atoms with E-state index in [9.17, 15) is 0 Å². The van der Waals surface area contributed by atoms with Crippen molar-refractivity contribution in [3.63, 3.8) is 0 Å². The van der Waals surface area contributed by atoms with Gasteiger partial charge in [-0.3, -0.25) is 0 Å². The second-order valence-corrected chi connectivity index (χ2v) is 6.81. The van der Waals surface area contributed by atoms with E-state index in [1.807, 2.05) is 18.2 Å². The third-order valence-electron chi connectivity index (χ3n) is 5.30. The highest BCUT2D eigenvalue weighted by molar-refractivity contribution is 5.95. The zero-order chi connectivity index (χ0) is 17.7. The van der Waals surface area contributed by atoms with Crippen LogP contribution >= 0.6 is 0 Å². The lowest BCUT2D eigenvalue weighted by Gasteiger charge is -2.33. The van der Waals surface area contributed by atoms with Gasteiger partial charge in [-0.1, -0.05) is 36.4 Å². The molecule has 4 aromatic rings. The van der Waals surface area contributed by atoms with Crippen molar-refractivity contribution in [3.8, 4) is 5.75 Å². The topological polar surface area (TPSA) is 78.3 Å². The van der Waals surface area contributed by atoms with Crippen LogP contribution < -0.4 is 10.5 Å². The standard InChI is InChI=1S/C20H19N5O/c1-26-16-9-5-8-15-17(16)22-20(21)25-19(15)23-18(24-25)14-10-13(11-14)12-6-3-2-4-7-12/h2-9,13-14H,10-11H2,1H3,(H2,21,22)/t13-,14+. The average molecular weight is 345 g/mol. The number of para-hydroxylation sites is 1. The number of nitrogen functional groups attached to an aromatic ring is 1.